The van der Waals surface area contributed by atoms with Crippen molar-refractivity contribution in [3.05, 3.63) is 18.0 Å². The van der Waals surface area contributed by atoms with Gasteiger partial charge in [0.15, 0.2) is 11.6 Å². The Bertz CT molecular complexity index is 199. The molecule has 0 atom stereocenters. The Labute approximate surface area is 52.3 Å². The maximum absolute atomic E-state index is 9.93. The van der Waals surface area contributed by atoms with Gasteiger partial charge in [-0.1, -0.05) is 0 Å². The third-order valence-electron chi connectivity index (χ3n) is 0.829. The standard InChI is InChI=1S/C6H5NO2/c8-4-6-5-9-3-1-2-7-6/h1-3H,5H2. The summed E-state index contributed by atoms with van der Waals surface area (Å²) >= 11 is 0. The van der Waals surface area contributed by atoms with Crippen LogP contribution in [-0.4, -0.2) is 18.8 Å². The number of rotatable bonds is 0. The van der Waals surface area contributed by atoms with E-state index in [2.05, 4.69) is 4.99 Å². The molecule has 46 valence electrons. The third-order valence-corrected chi connectivity index (χ3v) is 0.829. The van der Waals surface area contributed by atoms with Gasteiger partial charge in [0.1, 0.15) is 6.61 Å². The van der Waals surface area contributed by atoms with Gasteiger partial charge in [0, 0.05) is 6.21 Å². The lowest BCUT2D eigenvalue weighted by molar-refractivity contribution is 0.282. The molecule has 1 aliphatic rings. The van der Waals surface area contributed by atoms with E-state index in [1.54, 1.807) is 12.0 Å². The summed E-state index contributed by atoms with van der Waals surface area (Å²) < 4.78 is 4.79. The van der Waals surface area contributed by atoms with Gasteiger partial charge in [-0.2, -0.15) is 0 Å². The van der Waals surface area contributed by atoms with Gasteiger partial charge in [-0.25, -0.2) is 9.79 Å². The molecular formula is C6H5NO2. The highest BCUT2D eigenvalue weighted by Crippen LogP contribution is 1.94. The van der Waals surface area contributed by atoms with Gasteiger partial charge in [0.25, 0.3) is 0 Å². The van der Waals surface area contributed by atoms with E-state index in [1.165, 1.54) is 12.5 Å². The molecule has 0 aromatic carbocycles. The molecule has 0 bridgehead atoms. The second-order valence-electron chi connectivity index (χ2n) is 1.47. The summed E-state index contributed by atoms with van der Waals surface area (Å²) in [4.78, 5) is 13.6. The molecule has 0 amide bonds. The van der Waals surface area contributed by atoms with Gasteiger partial charge in [0.2, 0.25) is 0 Å². The van der Waals surface area contributed by atoms with E-state index in [1.807, 2.05) is 0 Å². The lowest BCUT2D eigenvalue weighted by Gasteiger charge is -1.91. The Hall–Kier alpha value is -1.34. The van der Waals surface area contributed by atoms with Crippen LogP contribution in [0.3, 0.4) is 0 Å². The number of hydrogen-bond donors (Lipinski definition) is 0. The van der Waals surface area contributed by atoms with Crippen LogP contribution in [0.5, 0.6) is 0 Å². The molecule has 3 nitrogen and oxygen atoms in total. The van der Waals surface area contributed by atoms with Crippen molar-refractivity contribution in [2.24, 2.45) is 4.99 Å². The zero-order chi connectivity index (χ0) is 6.53. The van der Waals surface area contributed by atoms with Gasteiger partial charge >= 0.3 is 0 Å². The molecule has 0 fully saturated rings. The van der Waals surface area contributed by atoms with Crippen molar-refractivity contribution in [2.45, 2.75) is 0 Å². The van der Waals surface area contributed by atoms with E-state index in [0.717, 1.165) is 0 Å². The highest BCUT2D eigenvalue weighted by Gasteiger charge is 1.94. The Morgan fingerprint density at radius 1 is 1.78 bits per heavy atom. The first kappa shape index (κ1) is 5.79. The fraction of sp³-hybridized carbons (Fsp3) is 0.167. The van der Waals surface area contributed by atoms with Crippen LogP contribution < -0.4 is 0 Å². The minimum atomic E-state index is 0.219. The number of hydrogen-bond acceptors (Lipinski definition) is 3. The molecule has 0 aliphatic carbocycles. The highest BCUT2D eigenvalue weighted by molar-refractivity contribution is 5.74. The molecule has 1 aliphatic heterocycles. The summed E-state index contributed by atoms with van der Waals surface area (Å²) in [5.41, 5.74) is 0.292. The molecule has 3 heteroatoms. The molecule has 0 spiro atoms. The molecule has 0 aromatic heterocycles. The Morgan fingerprint density at radius 3 is 3.44 bits per heavy atom. The summed E-state index contributed by atoms with van der Waals surface area (Å²) in [6.07, 6.45) is 4.59. The van der Waals surface area contributed by atoms with Crippen molar-refractivity contribution in [2.75, 3.05) is 6.61 Å². The van der Waals surface area contributed by atoms with Crippen molar-refractivity contribution in [3.63, 3.8) is 0 Å². The molecule has 0 saturated carbocycles. The first-order valence-electron chi connectivity index (χ1n) is 2.48. The topological polar surface area (TPSA) is 38.7 Å². The van der Waals surface area contributed by atoms with E-state index in [0.29, 0.717) is 5.70 Å². The van der Waals surface area contributed by atoms with Crippen LogP contribution in [0.1, 0.15) is 0 Å². The zero-order valence-corrected chi connectivity index (χ0v) is 4.70. The van der Waals surface area contributed by atoms with Crippen molar-refractivity contribution < 1.29 is 9.53 Å². The molecule has 0 unspecified atom stereocenters. The minimum Gasteiger partial charge on any atom is -0.494 e. The average Bonchev–Trinajstić information content (AvgIpc) is 2.13. The molecular weight excluding hydrogens is 118 g/mol. The average molecular weight is 123 g/mol. The van der Waals surface area contributed by atoms with Crippen LogP contribution in [0.15, 0.2) is 23.0 Å². The largest absolute Gasteiger partial charge is 0.494 e. The molecule has 0 N–H and O–H groups in total. The smallest absolute Gasteiger partial charge is 0.161 e. The van der Waals surface area contributed by atoms with Crippen LogP contribution >= 0.6 is 0 Å². The maximum atomic E-state index is 9.93. The predicted molar refractivity (Wildman–Crippen MR) is 32.8 cm³/mol. The number of carbonyl (C=O) groups excluding carboxylic acids is 1. The van der Waals surface area contributed by atoms with Crippen molar-refractivity contribution in [3.8, 4) is 0 Å². The zero-order valence-electron chi connectivity index (χ0n) is 4.70. The number of allylic oxidation sites excluding steroid dienone is 1. The van der Waals surface area contributed by atoms with Gasteiger partial charge in [-0.05, 0) is 6.08 Å². The summed E-state index contributed by atoms with van der Waals surface area (Å²) in [5.74, 6) is 1.65. The predicted octanol–water partition coefficient (Wildman–Crippen LogP) is 0.317. The number of ether oxygens (including phenoxy) is 1. The van der Waals surface area contributed by atoms with Gasteiger partial charge in [-0.3, -0.25) is 0 Å². The fourth-order valence-corrected chi connectivity index (χ4v) is 0.444. The van der Waals surface area contributed by atoms with Gasteiger partial charge < -0.3 is 4.74 Å². The fourth-order valence-electron chi connectivity index (χ4n) is 0.444. The lowest BCUT2D eigenvalue weighted by atomic mass is 10.5. The van der Waals surface area contributed by atoms with Crippen molar-refractivity contribution >= 4 is 12.2 Å². The second kappa shape index (κ2) is 2.84. The van der Waals surface area contributed by atoms with Crippen molar-refractivity contribution in [1.82, 2.24) is 0 Å². The second-order valence-corrected chi connectivity index (χ2v) is 1.47. The first-order valence-corrected chi connectivity index (χ1v) is 2.48. The SMILES string of the molecule is O=C=C1COC=CC=N1. The molecule has 1 heterocycles. The van der Waals surface area contributed by atoms with Crippen LogP contribution in [0.2, 0.25) is 0 Å². The Balaban J connectivity index is 2.73. The monoisotopic (exact) mass is 123 g/mol. The summed E-state index contributed by atoms with van der Waals surface area (Å²) in [7, 11) is 0. The molecule has 9 heavy (non-hydrogen) atoms. The lowest BCUT2D eigenvalue weighted by Crippen LogP contribution is -1.88. The van der Waals surface area contributed by atoms with E-state index < -0.39 is 0 Å². The molecule has 0 saturated heterocycles. The van der Waals surface area contributed by atoms with E-state index in [-0.39, 0.29) is 6.61 Å². The van der Waals surface area contributed by atoms with Crippen molar-refractivity contribution in [1.29, 1.82) is 0 Å². The summed E-state index contributed by atoms with van der Waals surface area (Å²) in [5, 5.41) is 0. The van der Waals surface area contributed by atoms with Crippen LogP contribution in [0.4, 0.5) is 0 Å². The Morgan fingerprint density at radius 2 is 2.67 bits per heavy atom. The minimum absolute atomic E-state index is 0.219. The van der Waals surface area contributed by atoms with Crippen LogP contribution in [-0.2, 0) is 9.53 Å². The van der Waals surface area contributed by atoms with Crippen LogP contribution in [0, 0.1) is 0 Å². The van der Waals surface area contributed by atoms with Crippen LogP contribution in [0.25, 0.3) is 0 Å². The number of aliphatic imine (C=N–C) groups is 1. The molecule has 1 rings (SSSR count). The van der Waals surface area contributed by atoms with E-state index in [9.17, 15) is 4.79 Å². The third kappa shape index (κ3) is 1.55. The first-order chi connectivity index (χ1) is 4.43. The highest BCUT2D eigenvalue weighted by atomic mass is 16.5. The summed E-state index contributed by atoms with van der Waals surface area (Å²) in [6.45, 7) is 0.219. The van der Waals surface area contributed by atoms with Gasteiger partial charge in [0.05, 0.1) is 6.26 Å². The van der Waals surface area contributed by atoms with E-state index in [4.69, 9.17) is 4.74 Å². The normalized spacial score (nSPS) is 16.2. The quantitative estimate of drug-likeness (QED) is 0.435. The number of nitrogens with zero attached hydrogens (tertiary/aromatic N) is 1. The Kier molecular flexibility index (Phi) is 1.83. The molecule has 0 aromatic rings. The van der Waals surface area contributed by atoms with Gasteiger partial charge in [-0.15, -0.1) is 0 Å². The van der Waals surface area contributed by atoms with E-state index >= 15 is 0 Å². The maximum Gasteiger partial charge on any atom is 0.161 e. The summed E-state index contributed by atoms with van der Waals surface area (Å²) in [6, 6.07) is 0. The molecule has 0 radical (unpaired) electrons.